The summed E-state index contributed by atoms with van der Waals surface area (Å²) in [5, 5.41) is 4.07. The van der Waals surface area contributed by atoms with Crippen LogP contribution in [0.3, 0.4) is 0 Å². The van der Waals surface area contributed by atoms with Crippen molar-refractivity contribution in [2.24, 2.45) is 0 Å². The zero-order valence-corrected chi connectivity index (χ0v) is 14.5. The summed E-state index contributed by atoms with van der Waals surface area (Å²) < 4.78 is 7.79. The zero-order chi connectivity index (χ0) is 13.7. The summed E-state index contributed by atoms with van der Waals surface area (Å²) in [5.74, 6) is 0.871. The molecule has 0 unspecified atom stereocenters. The van der Waals surface area contributed by atoms with E-state index in [0.29, 0.717) is 6.61 Å². The standard InChI is InChI=1S/C14H12BrClINO/c15-10-1-4-12(5-2-10)19-8-7-18-14-6-3-11(16)9-13(14)17/h1-6,9,18H,7-8H2. The average Bonchev–Trinajstić information content (AvgIpc) is 2.39. The van der Waals surface area contributed by atoms with E-state index in [9.17, 15) is 0 Å². The Bertz CT molecular complexity index is 548. The third-order valence-electron chi connectivity index (χ3n) is 2.43. The van der Waals surface area contributed by atoms with Crippen LogP contribution in [0.15, 0.2) is 46.9 Å². The van der Waals surface area contributed by atoms with Crippen molar-refractivity contribution in [3.63, 3.8) is 0 Å². The molecule has 0 amide bonds. The Kier molecular flexibility index (Phi) is 5.78. The van der Waals surface area contributed by atoms with E-state index in [4.69, 9.17) is 16.3 Å². The molecule has 0 heterocycles. The van der Waals surface area contributed by atoms with Gasteiger partial charge in [-0.15, -0.1) is 0 Å². The van der Waals surface area contributed by atoms with E-state index in [2.05, 4.69) is 43.8 Å². The first-order valence-corrected chi connectivity index (χ1v) is 7.97. The highest BCUT2D eigenvalue weighted by Gasteiger charge is 2.00. The number of anilines is 1. The molecule has 2 aromatic carbocycles. The molecule has 0 atom stereocenters. The number of nitrogens with one attached hydrogen (secondary N) is 1. The van der Waals surface area contributed by atoms with Crippen LogP contribution >= 0.6 is 50.1 Å². The fraction of sp³-hybridized carbons (Fsp3) is 0.143. The number of benzene rings is 2. The van der Waals surface area contributed by atoms with Gasteiger partial charge < -0.3 is 10.1 Å². The third kappa shape index (κ3) is 4.85. The van der Waals surface area contributed by atoms with Crippen molar-refractivity contribution in [3.05, 3.63) is 55.5 Å². The van der Waals surface area contributed by atoms with Crippen LogP contribution in [0.25, 0.3) is 0 Å². The van der Waals surface area contributed by atoms with Gasteiger partial charge in [-0.2, -0.15) is 0 Å². The number of hydrogen-bond donors (Lipinski definition) is 1. The van der Waals surface area contributed by atoms with Gasteiger partial charge in [-0.1, -0.05) is 27.5 Å². The SMILES string of the molecule is Clc1ccc(NCCOc2ccc(Br)cc2)c(I)c1. The van der Waals surface area contributed by atoms with E-state index in [1.165, 1.54) is 0 Å². The lowest BCUT2D eigenvalue weighted by Crippen LogP contribution is -2.12. The molecule has 0 aliphatic heterocycles. The summed E-state index contributed by atoms with van der Waals surface area (Å²) >= 11 is 11.6. The van der Waals surface area contributed by atoms with E-state index < -0.39 is 0 Å². The maximum atomic E-state index is 5.91. The van der Waals surface area contributed by atoms with Crippen LogP contribution in [0.5, 0.6) is 5.75 Å². The van der Waals surface area contributed by atoms with Gasteiger partial charge in [0.2, 0.25) is 0 Å². The number of hydrogen-bond acceptors (Lipinski definition) is 2. The van der Waals surface area contributed by atoms with Gasteiger partial charge in [0.1, 0.15) is 12.4 Å². The highest BCUT2D eigenvalue weighted by molar-refractivity contribution is 14.1. The van der Waals surface area contributed by atoms with Crippen molar-refractivity contribution < 1.29 is 4.74 Å². The van der Waals surface area contributed by atoms with Gasteiger partial charge in [0, 0.05) is 25.3 Å². The van der Waals surface area contributed by atoms with Crippen molar-refractivity contribution in [1.82, 2.24) is 0 Å². The quantitative estimate of drug-likeness (QED) is 0.498. The first kappa shape index (κ1) is 14.9. The Morgan fingerprint density at radius 2 is 1.89 bits per heavy atom. The maximum absolute atomic E-state index is 5.91. The summed E-state index contributed by atoms with van der Waals surface area (Å²) in [5.41, 5.74) is 1.07. The van der Waals surface area contributed by atoms with Crippen molar-refractivity contribution >= 4 is 55.8 Å². The Morgan fingerprint density at radius 1 is 1.16 bits per heavy atom. The Morgan fingerprint density at radius 3 is 2.58 bits per heavy atom. The lowest BCUT2D eigenvalue weighted by molar-refractivity contribution is 0.333. The predicted octanol–water partition coefficient (Wildman–Crippen LogP) is 5.20. The molecule has 5 heteroatoms. The molecule has 0 bridgehead atoms. The minimum atomic E-state index is 0.611. The van der Waals surface area contributed by atoms with Crippen LogP contribution in [0, 0.1) is 3.57 Å². The number of ether oxygens (including phenoxy) is 1. The number of halogens is 3. The van der Waals surface area contributed by atoms with Crippen LogP contribution in [0.4, 0.5) is 5.69 Å². The molecule has 0 fully saturated rings. The summed E-state index contributed by atoms with van der Waals surface area (Å²) in [7, 11) is 0. The maximum Gasteiger partial charge on any atom is 0.119 e. The van der Waals surface area contributed by atoms with Crippen LogP contribution in [0.2, 0.25) is 5.02 Å². The summed E-state index contributed by atoms with van der Waals surface area (Å²) in [6.45, 7) is 1.36. The fourth-order valence-electron chi connectivity index (χ4n) is 1.52. The molecule has 19 heavy (non-hydrogen) atoms. The molecule has 2 aromatic rings. The van der Waals surface area contributed by atoms with Gasteiger partial charge in [0.05, 0.1) is 0 Å². The second-order valence-electron chi connectivity index (χ2n) is 3.85. The normalized spacial score (nSPS) is 10.3. The molecule has 0 saturated heterocycles. The van der Waals surface area contributed by atoms with E-state index in [-0.39, 0.29) is 0 Å². The van der Waals surface area contributed by atoms with E-state index in [1.807, 2.05) is 42.5 Å². The molecular formula is C14H12BrClINO. The van der Waals surface area contributed by atoms with Crippen molar-refractivity contribution in [1.29, 1.82) is 0 Å². The smallest absolute Gasteiger partial charge is 0.119 e. The Hall–Kier alpha value is -0.460. The van der Waals surface area contributed by atoms with Gasteiger partial charge in [0.15, 0.2) is 0 Å². The minimum Gasteiger partial charge on any atom is -0.492 e. The Balaban J connectivity index is 1.79. The molecule has 1 N–H and O–H groups in total. The second-order valence-corrected chi connectivity index (χ2v) is 6.37. The predicted molar refractivity (Wildman–Crippen MR) is 92.3 cm³/mol. The molecule has 0 aliphatic carbocycles. The van der Waals surface area contributed by atoms with Crippen LogP contribution < -0.4 is 10.1 Å². The van der Waals surface area contributed by atoms with E-state index >= 15 is 0 Å². The molecule has 2 rings (SSSR count). The van der Waals surface area contributed by atoms with Gasteiger partial charge in [0.25, 0.3) is 0 Å². The van der Waals surface area contributed by atoms with Crippen LogP contribution in [-0.2, 0) is 0 Å². The first-order chi connectivity index (χ1) is 9.15. The molecule has 2 nitrogen and oxygen atoms in total. The lowest BCUT2D eigenvalue weighted by Gasteiger charge is -2.10. The molecule has 0 aromatic heterocycles. The zero-order valence-electron chi connectivity index (χ0n) is 10.00. The largest absolute Gasteiger partial charge is 0.492 e. The minimum absolute atomic E-state index is 0.611. The number of rotatable bonds is 5. The third-order valence-corrected chi connectivity index (χ3v) is 4.09. The molecule has 0 radical (unpaired) electrons. The summed E-state index contributed by atoms with van der Waals surface area (Å²) in [6.07, 6.45) is 0. The highest BCUT2D eigenvalue weighted by atomic mass is 127. The highest BCUT2D eigenvalue weighted by Crippen LogP contribution is 2.22. The molecule has 0 saturated carbocycles. The van der Waals surface area contributed by atoms with Gasteiger partial charge in [-0.3, -0.25) is 0 Å². The average molecular weight is 453 g/mol. The topological polar surface area (TPSA) is 21.3 Å². The monoisotopic (exact) mass is 451 g/mol. The molecule has 100 valence electrons. The molecular weight excluding hydrogens is 440 g/mol. The summed E-state index contributed by atoms with van der Waals surface area (Å²) in [6, 6.07) is 13.6. The van der Waals surface area contributed by atoms with E-state index in [1.54, 1.807) is 0 Å². The fourth-order valence-corrected chi connectivity index (χ4v) is 2.84. The van der Waals surface area contributed by atoms with Crippen molar-refractivity contribution in [3.8, 4) is 5.75 Å². The van der Waals surface area contributed by atoms with Gasteiger partial charge >= 0.3 is 0 Å². The first-order valence-electron chi connectivity index (χ1n) is 5.72. The Labute approximate surface area is 139 Å². The summed E-state index contributed by atoms with van der Waals surface area (Å²) in [4.78, 5) is 0. The molecule has 0 spiro atoms. The van der Waals surface area contributed by atoms with Gasteiger partial charge in [-0.25, -0.2) is 0 Å². The van der Waals surface area contributed by atoms with Crippen molar-refractivity contribution in [2.75, 3.05) is 18.5 Å². The van der Waals surface area contributed by atoms with Crippen LogP contribution in [-0.4, -0.2) is 13.2 Å². The van der Waals surface area contributed by atoms with Crippen LogP contribution in [0.1, 0.15) is 0 Å². The van der Waals surface area contributed by atoms with E-state index in [0.717, 1.165) is 31.0 Å². The van der Waals surface area contributed by atoms with Crippen molar-refractivity contribution in [2.45, 2.75) is 0 Å². The lowest BCUT2D eigenvalue weighted by atomic mass is 10.3. The molecule has 0 aliphatic rings. The second kappa shape index (κ2) is 7.36. The van der Waals surface area contributed by atoms with Gasteiger partial charge in [-0.05, 0) is 65.1 Å².